The van der Waals surface area contributed by atoms with E-state index in [0.717, 1.165) is 13.2 Å². The van der Waals surface area contributed by atoms with Crippen LogP contribution < -0.4 is 0 Å². The first kappa shape index (κ1) is 20.0. The van der Waals surface area contributed by atoms with E-state index in [1.54, 1.807) is 0 Å². The smallest absolute Gasteiger partial charge is 0.0759 e. The van der Waals surface area contributed by atoms with Gasteiger partial charge in [0.15, 0.2) is 0 Å². The summed E-state index contributed by atoms with van der Waals surface area (Å²) in [5.74, 6) is 0. The van der Waals surface area contributed by atoms with Crippen LogP contribution in [0.4, 0.5) is 0 Å². The number of hydrogen-bond acceptors (Lipinski definition) is 3. The number of hydrogen-bond donors (Lipinski definition) is 0. The second kappa shape index (κ2) is 8.63. The minimum atomic E-state index is 0.0692. The molecule has 4 rings (SSSR count). The molecule has 3 heteroatoms. The standard InChI is InChI=1S/C24H38O2S/c1-19-11-3-7-15-23(19,21-13-5-9-17-25-21)27-24(16-8-4-12-20(24)2)22-14-6-10-18-26-22/h21-22H,1-18H2. The molecule has 0 aromatic heterocycles. The highest BCUT2D eigenvalue weighted by Gasteiger charge is 2.54. The van der Waals surface area contributed by atoms with Crippen molar-refractivity contribution < 1.29 is 9.47 Å². The number of rotatable bonds is 4. The summed E-state index contributed by atoms with van der Waals surface area (Å²) in [5, 5.41) is 0. The molecule has 0 radical (unpaired) electrons. The molecule has 152 valence electrons. The Bertz CT molecular complexity index is 499. The summed E-state index contributed by atoms with van der Waals surface area (Å²) in [6.07, 6.45) is 18.1. The molecule has 2 saturated carbocycles. The summed E-state index contributed by atoms with van der Waals surface area (Å²) in [4.78, 5) is 0. The summed E-state index contributed by atoms with van der Waals surface area (Å²) in [7, 11) is 0. The van der Waals surface area contributed by atoms with Gasteiger partial charge >= 0.3 is 0 Å². The van der Waals surface area contributed by atoms with Crippen molar-refractivity contribution in [2.75, 3.05) is 13.2 Å². The van der Waals surface area contributed by atoms with Gasteiger partial charge in [0, 0.05) is 13.2 Å². The molecule has 2 nitrogen and oxygen atoms in total. The van der Waals surface area contributed by atoms with Crippen LogP contribution in [-0.4, -0.2) is 34.9 Å². The van der Waals surface area contributed by atoms with Gasteiger partial charge in [-0.15, -0.1) is 11.8 Å². The largest absolute Gasteiger partial charge is 0.376 e. The lowest BCUT2D eigenvalue weighted by molar-refractivity contribution is -0.0143. The van der Waals surface area contributed by atoms with Gasteiger partial charge in [-0.3, -0.25) is 0 Å². The highest BCUT2D eigenvalue weighted by Crippen LogP contribution is 2.59. The molecule has 4 atom stereocenters. The molecule has 2 aliphatic heterocycles. The molecule has 4 fully saturated rings. The molecule has 2 saturated heterocycles. The molecule has 2 heterocycles. The molecule has 2 aliphatic carbocycles. The van der Waals surface area contributed by atoms with Crippen molar-refractivity contribution in [2.24, 2.45) is 0 Å². The number of ether oxygens (including phenoxy) is 2. The fourth-order valence-corrected chi connectivity index (χ4v) is 8.20. The molecule has 0 bridgehead atoms. The highest BCUT2D eigenvalue weighted by atomic mass is 32.2. The lowest BCUT2D eigenvalue weighted by atomic mass is 9.77. The van der Waals surface area contributed by atoms with E-state index in [-0.39, 0.29) is 9.49 Å². The zero-order valence-electron chi connectivity index (χ0n) is 17.1. The van der Waals surface area contributed by atoms with Crippen molar-refractivity contribution in [1.29, 1.82) is 0 Å². The number of thioether (sulfide) groups is 1. The van der Waals surface area contributed by atoms with E-state index in [2.05, 4.69) is 24.9 Å². The summed E-state index contributed by atoms with van der Waals surface area (Å²) in [5.41, 5.74) is 2.89. The molecule has 27 heavy (non-hydrogen) atoms. The van der Waals surface area contributed by atoms with Crippen LogP contribution in [0.5, 0.6) is 0 Å². The lowest BCUT2D eigenvalue weighted by Gasteiger charge is -2.54. The van der Waals surface area contributed by atoms with Crippen LogP contribution in [0, 0.1) is 0 Å². The minimum absolute atomic E-state index is 0.0692. The molecule has 0 spiro atoms. The van der Waals surface area contributed by atoms with Crippen LogP contribution in [0.2, 0.25) is 0 Å². The molecule has 0 amide bonds. The second-order valence-electron chi connectivity index (χ2n) is 9.21. The molecule has 4 aliphatic rings. The van der Waals surface area contributed by atoms with Crippen LogP contribution in [-0.2, 0) is 9.47 Å². The molecule has 0 aromatic rings. The third-order valence-corrected chi connectivity index (χ3v) is 9.75. The Morgan fingerprint density at radius 1 is 0.667 bits per heavy atom. The third-order valence-electron chi connectivity index (χ3n) is 7.51. The van der Waals surface area contributed by atoms with E-state index in [1.165, 1.54) is 101 Å². The Morgan fingerprint density at radius 3 is 1.52 bits per heavy atom. The molecule has 4 unspecified atom stereocenters. The van der Waals surface area contributed by atoms with E-state index >= 15 is 0 Å². The van der Waals surface area contributed by atoms with E-state index in [9.17, 15) is 0 Å². The average molecular weight is 391 g/mol. The van der Waals surface area contributed by atoms with Gasteiger partial charge < -0.3 is 9.47 Å². The Hall–Kier alpha value is -0.250. The highest BCUT2D eigenvalue weighted by molar-refractivity contribution is 8.02. The summed E-state index contributed by atoms with van der Waals surface area (Å²) < 4.78 is 13.0. The van der Waals surface area contributed by atoms with Crippen LogP contribution >= 0.6 is 11.8 Å². The Kier molecular flexibility index (Phi) is 6.41. The van der Waals surface area contributed by atoms with Gasteiger partial charge in [0.25, 0.3) is 0 Å². The Morgan fingerprint density at radius 2 is 1.15 bits per heavy atom. The predicted octanol–water partition coefficient (Wildman–Crippen LogP) is 6.60. The van der Waals surface area contributed by atoms with E-state index in [1.807, 2.05) is 0 Å². The van der Waals surface area contributed by atoms with Crippen molar-refractivity contribution in [3.63, 3.8) is 0 Å². The first-order chi connectivity index (χ1) is 13.2. The molecular weight excluding hydrogens is 352 g/mol. The molecule has 0 N–H and O–H groups in total. The zero-order chi connectivity index (χ0) is 18.7. The van der Waals surface area contributed by atoms with Crippen molar-refractivity contribution in [1.82, 2.24) is 0 Å². The quantitative estimate of drug-likeness (QED) is 0.504. The summed E-state index contributed by atoms with van der Waals surface area (Å²) in [6, 6.07) is 0. The van der Waals surface area contributed by atoms with Crippen molar-refractivity contribution in [3.05, 3.63) is 24.3 Å². The van der Waals surface area contributed by atoms with E-state index in [4.69, 9.17) is 9.47 Å². The topological polar surface area (TPSA) is 18.5 Å². The molecular formula is C24H38O2S. The van der Waals surface area contributed by atoms with Gasteiger partial charge in [-0.2, -0.15) is 0 Å². The van der Waals surface area contributed by atoms with Crippen LogP contribution in [0.25, 0.3) is 0 Å². The van der Waals surface area contributed by atoms with Gasteiger partial charge in [0.1, 0.15) is 0 Å². The van der Waals surface area contributed by atoms with Crippen LogP contribution in [0.3, 0.4) is 0 Å². The fourth-order valence-electron chi connectivity index (χ4n) is 5.93. The summed E-state index contributed by atoms with van der Waals surface area (Å²) in [6.45, 7) is 11.1. The lowest BCUT2D eigenvalue weighted by Crippen LogP contribution is -2.54. The van der Waals surface area contributed by atoms with Crippen LogP contribution in [0.15, 0.2) is 24.3 Å². The average Bonchev–Trinajstić information content (AvgIpc) is 2.73. The van der Waals surface area contributed by atoms with Crippen LogP contribution in [0.1, 0.15) is 89.9 Å². The Labute approximate surface area is 170 Å². The maximum atomic E-state index is 6.45. The van der Waals surface area contributed by atoms with E-state index < -0.39 is 0 Å². The second-order valence-corrected chi connectivity index (χ2v) is 10.9. The maximum absolute atomic E-state index is 6.45. The third kappa shape index (κ3) is 3.81. The monoisotopic (exact) mass is 390 g/mol. The fraction of sp³-hybridized carbons (Fsp3) is 0.833. The van der Waals surface area contributed by atoms with Gasteiger partial charge in [-0.05, 0) is 77.0 Å². The van der Waals surface area contributed by atoms with E-state index in [0.29, 0.717) is 12.2 Å². The Balaban J connectivity index is 1.69. The molecule has 0 aromatic carbocycles. The normalized spacial score (nSPS) is 41.5. The van der Waals surface area contributed by atoms with Gasteiger partial charge in [-0.25, -0.2) is 0 Å². The van der Waals surface area contributed by atoms with Gasteiger partial charge in [0.2, 0.25) is 0 Å². The minimum Gasteiger partial charge on any atom is -0.376 e. The first-order valence-electron chi connectivity index (χ1n) is 11.5. The maximum Gasteiger partial charge on any atom is 0.0759 e. The SMILES string of the molecule is C=C1CCCCC1(SC1(C2CCCCO2)CCCCC1=C)C1CCCCO1. The first-order valence-corrected chi connectivity index (χ1v) is 12.3. The van der Waals surface area contributed by atoms with Crippen molar-refractivity contribution in [3.8, 4) is 0 Å². The van der Waals surface area contributed by atoms with Gasteiger partial charge in [-0.1, -0.05) is 37.1 Å². The summed E-state index contributed by atoms with van der Waals surface area (Å²) >= 11 is 2.22. The van der Waals surface area contributed by atoms with Crippen molar-refractivity contribution in [2.45, 2.75) is 112 Å². The predicted molar refractivity (Wildman–Crippen MR) is 115 cm³/mol. The van der Waals surface area contributed by atoms with Gasteiger partial charge in [0.05, 0.1) is 21.7 Å². The zero-order valence-corrected chi connectivity index (χ0v) is 17.9. The van der Waals surface area contributed by atoms with Crippen molar-refractivity contribution >= 4 is 11.8 Å².